The van der Waals surface area contributed by atoms with Gasteiger partial charge in [-0.3, -0.25) is 4.99 Å². The maximum absolute atomic E-state index is 11.6. The van der Waals surface area contributed by atoms with Gasteiger partial charge in [-0.25, -0.2) is 4.79 Å². The van der Waals surface area contributed by atoms with Gasteiger partial charge in [0.15, 0.2) is 6.04 Å². The number of carboxylic acid groups (broad SMARTS) is 1. The molecule has 0 radical (unpaired) electrons. The maximum atomic E-state index is 11.6. The van der Waals surface area contributed by atoms with Gasteiger partial charge >= 0.3 is 5.97 Å². The van der Waals surface area contributed by atoms with E-state index >= 15 is 0 Å². The van der Waals surface area contributed by atoms with Gasteiger partial charge in [-0.15, -0.1) is 0 Å². The molecule has 0 aromatic carbocycles. The van der Waals surface area contributed by atoms with E-state index in [2.05, 4.69) is 11.9 Å². The van der Waals surface area contributed by atoms with E-state index in [9.17, 15) is 15.0 Å². The first-order valence-electron chi connectivity index (χ1n) is 12.2. The Balaban J connectivity index is 1.98. The van der Waals surface area contributed by atoms with Crippen LogP contribution in [0.4, 0.5) is 0 Å². The van der Waals surface area contributed by atoms with E-state index in [1.54, 1.807) is 18.2 Å². The summed E-state index contributed by atoms with van der Waals surface area (Å²) in [6.45, 7) is 5.11. The number of carboxylic acids is 1. The number of unbranched alkanes of at least 4 members (excludes halogenated alkanes) is 14. The van der Waals surface area contributed by atoms with Crippen LogP contribution in [0, 0.1) is 0 Å². The van der Waals surface area contributed by atoms with Crippen molar-refractivity contribution in [1.82, 2.24) is 4.90 Å². The lowest BCUT2D eigenvalue weighted by Crippen LogP contribution is -2.54. The molecule has 2 atom stereocenters. The number of hydrogen-bond acceptors (Lipinski definition) is 4. The van der Waals surface area contributed by atoms with Gasteiger partial charge in [0.05, 0.1) is 18.5 Å². The minimum atomic E-state index is -1.22. The molecule has 170 valence electrons. The average molecular weight is 411 g/mol. The minimum absolute atomic E-state index is 0.520. The molecule has 1 heterocycles. The summed E-state index contributed by atoms with van der Waals surface area (Å²) in [6, 6.07) is -0.902. The van der Waals surface area contributed by atoms with Crippen LogP contribution >= 0.6 is 0 Å². The van der Waals surface area contributed by atoms with Crippen LogP contribution in [0.25, 0.3) is 0 Å². The van der Waals surface area contributed by atoms with Gasteiger partial charge in [-0.2, -0.15) is 0 Å². The predicted molar refractivity (Wildman–Crippen MR) is 122 cm³/mol. The number of carbonyl (C=O) groups is 1. The van der Waals surface area contributed by atoms with E-state index in [1.807, 2.05) is 0 Å². The Morgan fingerprint density at radius 2 is 1.38 bits per heavy atom. The lowest BCUT2D eigenvalue weighted by atomic mass is 9.89. The highest BCUT2D eigenvalue weighted by Gasteiger charge is 2.41. The van der Waals surface area contributed by atoms with Crippen molar-refractivity contribution in [1.29, 1.82) is 0 Å². The van der Waals surface area contributed by atoms with Crippen molar-refractivity contribution < 1.29 is 15.0 Å². The highest BCUT2D eigenvalue weighted by atomic mass is 16.4. The van der Waals surface area contributed by atoms with Crippen molar-refractivity contribution in [3.63, 3.8) is 0 Å². The number of rotatable bonds is 19. The third-order valence-corrected chi connectivity index (χ3v) is 6.16. The number of nitrogens with zero attached hydrogens (tertiary/aromatic N) is 2. The Morgan fingerprint density at radius 1 is 0.931 bits per heavy atom. The zero-order chi connectivity index (χ0) is 21.4. The van der Waals surface area contributed by atoms with Crippen LogP contribution in [0.2, 0.25) is 0 Å². The molecule has 5 nitrogen and oxygen atoms in total. The van der Waals surface area contributed by atoms with Crippen molar-refractivity contribution >= 4 is 12.3 Å². The van der Waals surface area contributed by atoms with Crippen molar-refractivity contribution in [2.45, 2.75) is 128 Å². The molecular weight excluding hydrogens is 364 g/mol. The molecular formula is C24H46N2O3. The number of aliphatic carboxylic acids is 1. The van der Waals surface area contributed by atoms with E-state index in [4.69, 9.17) is 0 Å². The van der Waals surface area contributed by atoms with E-state index in [1.165, 1.54) is 83.5 Å². The molecule has 0 saturated carbocycles. The van der Waals surface area contributed by atoms with Crippen molar-refractivity contribution in [3.05, 3.63) is 0 Å². The molecule has 29 heavy (non-hydrogen) atoms. The maximum Gasteiger partial charge on any atom is 0.329 e. The third kappa shape index (κ3) is 11.6. The monoisotopic (exact) mass is 410 g/mol. The van der Waals surface area contributed by atoms with Crippen LogP contribution < -0.4 is 0 Å². The predicted octanol–water partition coefficient (Wildman–Crippen LogP) is 5.80. The molecule has 0 aliphatic carbocycles. The average Bonchev–Trinajstić information content (AvgIpc) is 3.18. The van der Waals surface area contributed by atoms with Gasteiger partial charge in [0.1, 0.15) is 0 Å². The molecule has 2 unspecified atom stereocenters. The Labute approximate surface area is 179 Å². The molecule has 5 heteroatoms. The van der Waals surface area contributed by atoms with E-state index in [-0.39, 0.29) is 0 Å². The third-order valence-electron chi connectivity index (χ3n) is 6.16. The van der Waals surface area contributed by atoms with Crippen LogP contribution in [-0.2, 0) is 4.79 Å². The fourth-order valence-electron chi connectivity index (χ4n) is 4.35. The van der Waals surface area contributed by atoms with Crippen LogP contribution in [0.15, 0.2) is 4.99 Å². The Morgan fingerprint density at radius 3 is 1.76 bits per heavy atom. The summed E-state index contributed by atoms with van der Waals surface area (Å²) in [5.41, 5.74) is -1.22. The molecule has 0 amide bonds. The Bertz CT molecular complexity index is 451. The van der Waals surface area contributed by atoms with Crippen LogP contribution in [0.3, 0.4) is 0 Å². The lowest BCUT2D eigenvalue weighted by molar-refractivity contribution is -0.151. The van der Waals surface area contributed by atoms with E-state index in [0.29, 0.717) is 19.5 Å². The quantitative estimate of drug-likeness (QED) is 0.264. The molecule has 0 aromatic rings. The van der Waals surface area contributed by atoms with Crippen LogP contribution in [0.1, 0.15) is 117 Å². The molecule has 2 N–H and O–H groups in total. The molecule has 1 aliphatic heterocycles. The first-order valence-corrected chi connectivity index (χ1v) is 12.2. The fraction of sp³-hybridized carbons (Fsp3) is 0.917. The van der Waals surface area contributed by atoms with Gasteiger partial charge < -0.3 is 15.1 Å². The standard InChI is InChI=1S/C24H46N2O3/c1-3-4-5-6-7-8-9-10-11-12-13-14-15-16-17-18-24(2,29)22(23(27)28)26-20-19-25-21-26/h21-22,29H,3-20H2,1-2H3,(H,27,28). The zero-order valence-corrected chi connectivity index (χ0v) is 19.1. The first-order chi connectivity index (χ1) is 14.0. The highest BCUT2D eigenvalue weighted by molar-refractivity contribution is 5.79. The van der Waals surface area contributed by atoms with Crippen molar-refractivity contribution in [3.8, 4) is 0 Å². The molecule has 0 spiro atoms. The second-order valence-electron chi connectivity index (χ2n) is 9.06. The van der Waals surface area contributed by atoms with Gasteiger partial charge in [0.2, 0.25) is 0 Å². The minimum Gasteiger partial charge on any atom is -0.480 e. The summed E-state index contributed by atoms with van der Waals surface area (Å²) >= 11 is 0. The van der Waals surface area contributed by atoms with Crippen LogP contribution in [-0.4, -0.2) is 52.2 Å². The lowest BCUT2D eigenvalue weighted by Gasteiger charge is -2.35. The second-order valence-corrected chi connectivity index (χ2v) is 9.06. The Hall–Kier alpha value is -1.10. The van der Waals surface area contributed by atoms with Crippen molar-refractivity contribution in [2.24, 2.45) is 4.99 Å². The fourth-order valence-corrected chi connectivity index (χ4v) is 4.35. The van der Waals surface area contributed by atoms with E-state index in [0.717, 1.165) is 12.8 Å². The number of aliphatic hydroxyl groups is 1. The zero-order valence-electron chi connectivity index (χ0n) is 19.1. The van der Waals surface area contributed by atoms with Gasteiger partial charge in [0, 0.05) is 6.54 Å². The Kier molecular flexibility index (Phi) is 14.0. The summed E-state index contributed by atoms with van der Waals surface area (Å²) in [7, 11) is 0. The summed E-state index contributed by atoms with van der Waals surface area (Å²) in [6.07, 6.45) is 21.6. The second kappa shape index (κ2) is 15.7. The molecule has 0 bridgehead atoms. The molecule has 0 aromatic heterocycles. The highest BCUT2D eigenvalue weighted by Crippen LogP contribution is 2.24. The normalized spacial score (nSPS) is 16.9. The van der Waals surface area contributed by atoms with Crippen LogP contribution in [0.5, 0.6) is 0 Å². The first kappa shape index (κ1) is 25.9. The largest absolute Gasteiger partial charge is 0.480 e. The van der Waals surface area contributed by atoms with Gasteiger partial charge in [0.25, 0.3) is 0 Å². The molecule has 0 saturated heterocycles. The molecule has 1 aliphatic rings. The number of hydrogen-bond donors (Lipinski definition) is 2. The summed E-state index contributed by atoms with van der Waals surface area (Å²) in [5.74, 6) is -0.968. The van der Waals surface area contributed by atoms with E-state index < -0.39 is 17.6 Å². The summed E-state index contributed by atoms with van der Waals surface area (Å²) < 4.78 is 0. The smallest absolute Gasteiger partial charge is 0.329 e. The SMILES string of the molecule is CCCCCCCCCCCCCCCCCC(C)(O)C(C(=O)O)N1C=NCC1. The van der Waals surface area contributed by atoms with Crippen molar-refractivity contribution in [2.75, 3.05) is 13.1 Å². The summed E-state index contributed by atoms with van der Waals surface area (Å²) in [5, 5.41) is 20.3. The van der Waals surface area contributed by atoms with Gasteiger partial charge in [-0.05, 0) is 13.3 Å². The molecule has 1 rings (SSSR count). The molecule has 0 fully saturated rings. The number of aliphatic imine (C=N–C) groups is 1. The van der Waals surface area contributed by atoms with Gasteiger partial charge in [-0.1, -0.05) is 103 Å². The topological polar surface area (TPSA) is 73.1 Å². The summed E-state index contributed by atoms with van der Waals surface area (Å²) in [4.78, 5) is 17.4.